The third kappa shape index (κ3) is 4.67. The van der Waals surface area contributed by atoms with Gasteiger partial charge in [0.2, 0.25) is 5.91 Å². The van der Waals surface area contributed by atoms with Crippen LogP contribution in [0.15, 0.2) is 40.9 Å². The van der Waals surface area contributed by atoms with Gasteiger partial charge in [-0.25, -0.2) is 0 Å². The molecule has 1 heterocycles. The van der Waals surface area contributed by atoms with Crippen molar-refractivity contribution in [2.24, 2.45) is 0 Å². The highest BCUT2D eigenvalue weighted by Crippen LogP contribution is 2.34. The van der Waals surface area contributed by atoms with E-state index in [0.717, 1.165) is 4.47 Å². The van der Waals surface area contributed by atoms with Crippen molar-refractivity contribution in [1.29, 1.82) is 0 Å². The van der Waals surface area contributed by atoms with Crippen molar-refractivity contribution >= 4 is 50.7 Å². The Morgan fingerprint density at radius 3 is 2.81 bits per heavy atom. The van der Waals surface area contributed by atoms with Crippen molar-refractivity contribution in [3.8, 4) is 11.5 Å². The topological polar surface area (TPSA) is 67.9 Å². The van der Waals surface area contributed by atoms with E-state index in [1.165, 1.54) is 23.1 Å². The average molecular weight is 462 g/mol. The standard InChI is InChI=1S/C17H12BrClF2N2O4/c18-9-1-3-12-14(5-9)26-8-16(25)23(12)7-15(24)22-10-2-4-13(11(19)6-10)27-17(20)21/h1-6,17H,7-8H2,(H,22,24). The molecule has 0 saturated heterocycles. The van der Waals surface area contributed by atoms with Crippen LogP contribution < -0.4 is 19.7 Å². The van der Waals surface area contributed by atoms with Gasteiger partial charge in [0.25, 0.3) is 5.91 Å². The zero-order chi connectivity index (χ0) is 19.6. The fourth-order valence-corrected chi connectivity index (χ4v) is 3.03. The maximum absolute atomic E-state index is 12.3. The molecule has 27 heavy (non-hydrogen) atoms. The molecule has 2 aromatic rings. The Bertz CT molecular complexity index is 897. The maximum Gasteiger partial charge on any atom is 0.387 e. The zero-order valence-corrected chi connectivity index (χ0v) is 15.9. The molecule has 10 heteroatoms. The number of rotatable bonds is 5. The average Bonchev–Trinajstić information content (AvgIpc) is 2.59. The van der Waals surface area contributed by atoms with E-state index in [9.17, 15) is 18.4 Å². The molecule has 1 aliphatic rings. The van der Waals surface area contributed by atoms with Crippen LogP contribution in [0.4, 0.5) is 20.2 Å². The second-order valence-corrected chi connectivity index (χ2v) is 6.78. The highest BCUT2D eigenvalue weighted by Gasteiger charge is 2.27. The van der Waals surface area contributed by atoms with Crippen LogP contribution in [0.3, 0.4) is 0 Å². The van der Waals surface area contributed by atoms with Crippen molar-refractivity contribution in [3.63, 3.8) is 0 Å². The second kappa shape index (κ2) is 8.10. The van der Waals surface area contributed by atoms with Crippen LogP contribution in [-0.4, -0.2) is 31.6 Å². The lowest BCUT2D eigenvalue weighted by Gasteiger charge is -2.29. The van der Waals surface area contributed by atoms with E-state index in [-0.39, 0.29) is 35.5 Å². The first-order valence-electron chi connectivity index (χ1n) is 7.60. The molecule has 142 valence electrons. The lowest BCUT2D eigenvalue weighted by molar-refractivity contribution is -0.123. The lowest BCUT2D eigenvalue weighted by atomic mass is 10.2. The number of carbonyl (C=O) groups excluding carboxylic acids is 2. The summed E-state index contributed by atoms with van der Waals surface area (Å²) < 4.78 is 34.9. The third-order valence-corrected chi connectivity index (χ3v) is 4.39. The van der Waals surface area contributed by atoms with Gasteiger partial charge in [0.05, 0.1) is 10.7 Å². The number of halogens is 4. The van der Waals surface area contributed by atoms with Gasteiger partial charge in [-0.05, 0) is 36.4 Å². The van der Waals surface area contributed by atoms with E-state index in [1.807, 2.05) is 0 Å². The number of nitrogens with zero attached hydrogens (tertiary/aromatic N) is 1. The molecule has 6 nitrogen and oxygen atoms in total. The number of hydrogen-bond donors (Lipinski definition) is 1. The van der Waals surface area contributed by atoms with Crippen LogP contribution in [0.2, 0.25) is 5.02 Å². The van der Waals surface area contributed by atoms with E-state index in [0.29, 0.717) is 11.4 Å². The fraction of sp³-hybridized carbons (Fsp3) is 0.176. The van der Waals surface area contributed by atoms with Gasteiger partial charge >= 0.3 is 6.61 Å². The molecule has 2 amide bonds. The number of alkyl halides is 2. The van der Waals surface area contributed by atoms with E-state index in [2.05, 4.69) is 26.0 Å². The van der Waals surface area contributed by atoms with Crippen LogP contribution in [0, 0.1) is 0 Å². The molecule has 0 atom stereocenters. The van der Waals surface area contributed by atoms with Crippen molar-refractivity contribution in [2.45, 2.75) is 6.61 Å². The minimum atomic E-state index is -3.00. The summed E-state index contributed by atoms with van der Waals surface area (Å²) in [7, 11) is 0. The SMILES string of the molecule is O=C(CN1C(=O)COc2cc(Br)ccc21)Nc1ccc(OC(F)F)c(Cl)c1. The molecule has 0 bridgehead atoms. The minimum absolute atomic E-state index is 0.0780. The molecule has 1 aliphatic heterocycles. The second-order valence-electron chi connectivity index (χ2n) is 5.45. The van der Waals surface area contributed by atoms with E-state index in [4.69, 9.17) is 16.3 Å². The number of nitrogens with one attached hydrogen (secondary N) is 1. The summed E-state index contributed by atoms with van der Waals surface area (Å²) in [6.45, 7) is -3.43. The normalized spacial score (nSPS) is 13.2. The van der Waals surface area contributed by atoms with Crippen LogP contribution in [0.1, 0.15) is 0 Å². The number of fused-ring (bicyclic) bond motifs is 1. The summed E-state index contributed by atoms with van der Waals surface area (Å²) in [4.78, 5) is 25.8. The Balaban J connectivity index is 1.71. The first-order valence-corrected chi connectivity index (χ1v) is 8.77. The molecule has 0 aromatic heterocycles. The highest BCUT2D eigenvalue weighted by atomic mass is 79.9. The van der Waals surface area contributed by atoms with E-state index in [1.54, 1.807) is 18.2 Å². The van der Waals surface area contributed by atoms with Gasteiger partial charge in [0.15, 0.2) is 6.61 Å². The van der Waals surface area contributed by atoms with Gasteiger partial charge < -0.3 is 14.8 Å². The molecule has 3 rings (SSSR count). The largest absolute Gasteiger partial charge is 0.482 e. The minimum Gasteiger partial charge on any atom is -0.482 e. The summed E-state index contributed by atoms with van der Waals surface area (Å²) in [6.07, 6.45) is 0. The Labute approximate surface area is 166 Å². The zero-order valence-electron chi connectivity index (χ0n) is 13.5. The van der Waals surface area contributed by atoms with Gasteiger partial charge in [-0.3, -0.25) is 14.5 Å². The molecule has 1 N–H and O–H groups in total. The smallest absolute Gasteiger partial charge is 0.387 e. The molecule has 0 saturated carbocycles. The first kappa shape index (κ1) is 19.4. The Hall–Kier alpha value is -2.39. The summed E-state index contributed by atoms with van der Waals surface area (Å²) in [5.74, 6) is -0.572. The molecular weight excluding hydrogens is 450 g/mol. The summed E-state index contributed by atoms with van der Waals surface area (Å²) in [6, 6.07) is 8.96. The molecule has 0 aliphatic carbocycles. The summed E-state index contributed by atoms with van der Waals surface area (Å²) in [5.41, 5.74) is 0.756. The van der Waals surface area contributed by atoms with Gasteiger partial charge in [-0.2, -0.15) is 8.78 Å². The van der Waals surface area contributed by atoms with Crippen molar-refractivity contribution in [1.82, 2.24) is 0 Å². The molecule has 0 radical (unpaired) electrons. The lowest BCUT2D eigenvalue weighted by Crippen LogP contribution is -2.43. The predicted octanol–water partition coefficient (Wildman–Crippen LogP) is 4.07. The number of ether oxygens (including phenoxy) is 2. The first-order chi connectivity index (χ1) is 12.8. The number of anilines is 2. The number of amides is 2. The third-order valence-electron chi connectivity index (χ3n) is 3.60. The van der Waals surface area contributed by atoms with Crippen LogP contribution in [-0.2, 0) is 9.59 Å². The van der Waals surface area contributed by atoms with Gasteiger partial charge in [0, 0.05) is 10.2 Å². The number of hydrogen-bond acceptors (Lipinski definition) is 4. The van der Waals surface area contributed by atoms with E-state index >= 15 is 0 Å². The molecule has 2 aromatic carbocycles. The Morgan fingerprint density at radius 2 is 2.11 bits per heavy atom. The van der Waals surface area contributed by atoms with Crippen molar-refractivity contribution in [3.05, 3.63) is 45.9 Å². The van der Waals surface area contributed by atoms with Crippen molar-refractivity contribution in [2.75, 3.05) is 23.4 Å². The molecule has 0 fully saturated rings. The fourth-order valence-electron chi connectivity index (χ4n) is 2.47. The monoisotopic (exact) mass is 460 g/mol. The number of carbonyl (C=O) groups is 2. The Morgan fingerprint density at radius 1 is 1.33 bits per heavy atom. The van der Waals surface area contributed by atoms with Gasteiger partial charge in [-0.15, -0.1) is 0 Å². The summed E-state index contributed by atoms with van der Waals surface area (Å²) >= 11 is 9.17. The maximum atomic E-state index is 12.3. The van der Waals surface area contributed by atoms with Crippen LogP contribution >= 0.6 is 27.5 Å². The van der Waals surface area contributed by atoms with Crippen LogP contribution in [0.5, 0.6) is 11.5 Å². The predicted molar refractivity (Wildman–Crippen MR) is 98.7 cm³/mol. The van der Waals surface area contributed by atoms with Crippen molar-refractivity contribution < 1.29 is 27.8 Å². The quantitative estimate of drug-likeness (QED) is 0.729. The Kier molecular flexibility index (Phi) is 5.81. The highest BCUT2D eigenvalue weighted by molar-refractivity contribution is 9.10. The van der Waals surface area contributed by atoms with Crippen LogP contribution in [0.25, 0.3) is 0 Å². The van der Waals surface area contributed by atoms with E-state index < -0.39 is 12.5 Å². The molecular formula is C17H12BrClF2N2O4. The molecule has 0 unspecified atom stereocenters. The van der Waals surface area contributed by atoms with Gasteiger partial charge in [-0.1, -0.05) is 27.5 Å². The van der Waals surface area contributed by atoms with Gasteiger partial charge in [0.1, 0.15) is 18.0 Å². The summed E-state index contributed by atoms with van der Waals surface area (Å²) in [5, 5.41) is 2.48. The molecule has 0 spiro atoms. The number of benzene rings is 2.